The van der Waals surface area contributed by atoms with E-state index in [0.29, 0.717) is 0 Å². The van der Waals surface area contributed by atoms with Crippen LogP contribution in [0.15, 0.2) is 0 Å². The van der Waals surface area contributed by atoms with E-state index in [2.05, 4.69) is 26.9 Å². The van der Waals surface area contributed by atoms with Gasteiger partial charge in [-0.05, 0) is 38.0 Å². The zero-order valence-corrected chi connectivity index (χ0v) is 30.4. The fourth-order valence-corrected chi connectivity index (χ4v) is 9.34. The standard InChI is InChI=1S/C34H74O4Si2/c1-7-9-11-13-15-21-25-29-33-39(5,35-3)37-31-27-23-19-17-18-20-24-28-32-38-40(6,36-4)34-30-26-22-16-14-12-10-8-2/h7-34H2,1-6H3. The molecule has 0 aliphatic heterocycles. The SMILES string of the molecule is CCCCCCCCCC[Si](C)(OC)OCCCCCCCCCCO[Si](C)(CCCCCCCCCC)OC. The minimum Gasteiger partial charge on any atom is -0.398 e. The molecule has 4 nitrogen and oxygen atoms in total. The van der Waals surface area contributed by atoms with E-state index in [-0.39, 0.29) is 0 Å². The molecule has 0 N–H and O–H groups in total. The van der Waals surface area contributed by atoms with Crippen LogP contribution in [0, 0.1) is 0 Å². The molecule has 6 heteroatoms. The Morgan fingerprint density at radius 1 is 0.350 bits per heavy atom. The van der Waals surface area contributed by atoms with Gasteiger partial charge in [-0.3, -0.25) is 0 Å². The van der Waals surface area contributed by atoms with Crippen molar-refractivity contribution >= 4 is 17.1 Å². The monoisotopic (exact) mass is 603 g/mol. The van der Waals surface area contributed by atoms with Gasteiger partial charge in [0.25, 0.3) is 0 Å². The highest BCUT2D eigenvalue weighted by atomic mass is 28.4. The molecule has 242 valence electrons. The van der Waals surface area contributed by atoms with Crippen LogP contribution in [0.25, 0.3) is 0 Å². The highest BCUT2D eigenvalue weighted by Crippen LogP contribution is 2.21. The molecular formula is C34H74O4Si2. The molecule has 0 aromatic heterocycles. The molecular weight excluding hydrogens is 529 g/mol. The van der Waals surface area contributed by atoms with Crippen LogP contribution in [-0.4, -0.2) is 44.6 Å². The molecule has 0 amide bonds. The summed E-state index contributed by atoms with van der Waals surface area (Å²) in [6.07, 6.45) is 32.1. The van der Waals surface area contributed by atoms with Crippen molar-refractivity contribution in [1.29, 1.82) is 0 Å². The molecule has 0 rings (SSSR count). The van der Waals surface area contributed by atoms with Crippen LogP contribution in [0.1, 0.15) is 168 Å². The Bertz CT molecular complexity index is 466. The first-order valence-corrected chi connectivity index (χ1v) is 22.9. The van der Waals surface area contributed by atoms with Crippen molar-refractivity contribution in [2.75, 3.05) is 27.4 Å². The summed E-state index contributed by atoms with van der Waals surface area (Å²) in [4.78, 5) is 0. The van der Waals surface area contributed by atoms with Gasteiger partial charge in [0, 0.05) is 27.4 Å². The lowest BCUT2D eigenvalue weighted by molar-refractivity contribution is 0.197. The van der Waals surface area contributed by atoms with Gasteiger partial charge in [0.05, 0.1) is 0 Å². The van der Waals surface area contributed by atoms with Crippen molar-refractivity contribution in [3.05, 3.63) is 0 Å². The van der Waals surface area contributed by atoms with E-state index in [9.17, 15) is 0 Å². The maximum absolute atomic E-state index is 6.30. The summed E-state index contributed by atoms with van der Waals surface area (Å²) in [6.45, 7) is 10.8. The lowest BCUT2D eigenvalue weighted by atomic mass is 10.1. The predicted octanol–water partition coefficient (Wildman–Crippen LogP) is 11.9. The molecule has 0 fully saturated rings. The molecule has 2 unspecified atom stereocenters. The van der Waals surface area contributed by atoms with Crippen molar-refractivity contribution in [3.8, 4) is 0 Å². The van der Waals surface area contributed by atoms with E-state index in [1.54, 1.807) is 0 Å². The molecule has 0 aromatic rings. The van der Waals surface area contributed by atoms with Gasteiger partial charge in [0.1, 0.15) is 0 Å². The summed E-state index contributed by atoms with van der Waals surface area (Å²) in [7, 11) is -0.185. The van der Waals surface area contributed by atoms with Gasteiger partial charge < -0.3 is 17.7 Å². The summed E-state index contributed by atoms with van der Waals surface area (Å²) in [6, 6.07) is 2.29. The van der Waals surface area contributed by atoms with Gasteiger partial charge in [-0.2, -0.15) is 0 Å². The van der Waals surface area contributed by atoms with E-state index >= 15 is 0 Å². The number of hydrogen-bond donors (Lipinski definition) is 0. The maximum atomic E-state index is 6.30. The van der Waals surface area contributed by atoms with Crippen molar-refractivity contribution < 1.29 is 17.7 Å². The van der Waals surface area contributed by atoms with Gasteiger partial charge in [-0.1, -0.05) is 155 Å². The summed E-state index contributed by atoms with van der Waals surface area (Å²) in [5, 5.41) is 0. The van der Waals surface area contributed by atoms with E-state index in [1.807, 2.05) is 14.2 Å². The smallest absolute Gasteiger partial charge is 0.334 e. The summed E-state index contributed by atoms with van der Waals surface area (Å²) >= 11 is 0. The zero-order valence-electron chi connectivity index (χ0n) is 28.4. The van der Waals surface area contributed by atoms with Gasteiger partial charge in [-0.25, -0.2) is 0 Å². The molecule has 0 saturated carbocycles. The minimum absolute atomic E-state index is 0.881. The van der Waals surface area contributed by atoms with E-state index < -0.39 is 17.1 Å². The first-order valence-electron chi connectivity index (χ1n) is 17.8. The third-order valence-corrected chi connectivity index (χ3v) is 14.6. The third-order valence-electron chi connectivity index (χ3n) is 8.69. The maximum Gasteiger partial charge on any atom is 0.334 e. The van der Waals surface area contributed by atoms with Crippen LogP contribution in [0.2, 0.25) is 25.2 Å². The van der Waals surface area contributed by atoms with Crippen LogP contribution in [0.3, 0.4) is 0 Å². The largest absolute Gasteiger partial charge is 0.398 e. The Labute approximate surface area is 254 Å². The molecule has 0 heterocycles. The van der Waals surface area contributed by atoms with Crippen molar-refractivity contribution in [2.24, 2.45) is 0 Å². The first-order chi connectivity index (χ1) is 19.4. The average Bonchev–Trinajstić information content (AvgIpc) is 2.96. The van der Waals surface area contributed by atoms with Gasteiger partial charge in [0.2, 0.25) is 0 Å². The second-order valence-electron chi connectivity index (χ2n) is 12.7. The summed E-state index contributed by atoms with van der Waals surface area (Å²) in [5.74, 6) is 0. The van der Waals surface area contributed by atoms with Crippen LogP contribution >= 0.6 is 0 Å². The molecule has 0 aromatic carbocycles. The van der Waals surface area contributed by atoms with Gasteiger partial charge in [0.15, 0.2) is 0 Å². The highest BCUT2D eigenvalue weighted by molar-refractivity contribution is 6.66. The molecule has 0 spiro atoms. The van der Waals surface area contributed by atoms with E-state index in [0.717, 1.165) is 25.3 Å². The quantitative estimate of drug-likeness (QED) is 0.0553. The van der Waals surface area contributed by atoms with Gasteiger partial charge in [-0.15, -0.1) is 0 Å². The molecule has 2 atom stereocenters. The molecule has 0 radical (unpaired) electrons. The first kappa shape index (κ1) is 40.3. The Balaban J connectivity index is 3.61. The van der Waals surface area contributed by atoms with Crippen molar-refractivity contribution in [1.82, 2.24) is 0 Å². The topological polar surface area (TPSA) is 36.9 Å². The second kappa shape index (κ2) is 29.4. The lowest BCUT2D eigenvalue weighted by Gasteiger charge is -2.25. The Hall–Kier alpha value is 0.274. The number of rotatable bonds is 33. The minimum atomic E-state index is -1.95. The molecule has 0 bridgehead atoms. The Kier molecular flexibility index (Phi) is 29.6. The van der Waals surface area contributed by atoms with E-state index in [4.69, 9.17) is 17.7 Å². The summed E-state index contributed by atoms with van der Waals surface area (Å²) in [5.41, 5.74) is 0. The van der Waals surface area contributed by atoms with E-state index in [1.165, 1.54) is 154 Å². The normalized spacial score (nSPS) is 14.8. The number of hydrogen-bond acceptors (Lipinski definition) is 4. The highest BCUT2D eigenvalue weighted by Gasteiger charge is 2.30. The van der Waals surface area contributed by atoms with Crippen molar-refractivity contribution in [3.63, 3.8) is 0 Å². The molecule has 0 aliphatic rings. The van der Waals surface area contributed by atoms with Gasteiger partial charge >= 0.3 is 17.1 Å². The molecule has 0 aliphatic carbocycles. The van der Waals surface area contributed by atoms with Crippen LogP contribution < -0.4 is 0 Å². The second-order valence-corrected chi connectivity index (χ2v) is 19.6. The average molecular weight is 603 g/mol. The fraction of sp³-hybridized carbons (Fsp3) is 1.00. The fourth-order valence-electron chi connectivity index (χ4n) is 5.47. The molecule has 40 heavy (non-hydrogen) atoms. The summed E-state index contributed by atoms with van der Waals surface area (Å²) < 4.78 is 24.3. The number of unbranched alkanes of at least 4 members (excludes halogenated alkanes) is 21. The Morgan fingerprint density at radius 2 is 0.600 bits per heavy atom. The molecule has 0 saturated heterocycles. The van der Waals surface area contributed by atoms with Crippen LogP contribution in [0.5, 0.6) is 0 Å². The van der Waals surface area contributed by atoms with Crippen LogP contribution in [-0.2, 0) is 17.7 Å². The Morgan fingerprint density at radius 3 is 0.875 bits per heavy atom. The zero-order chi connectivity index (χ0) is 29.6. The van der Waals surface area contributed by atoms with Crippen molar-refractivity contribution in [2.45, 2.75) is 193 Å². The third kappa shape index (κ3) is 25.9. The van der Waals surface area contributed by atoms with Crippen LogP contribution in [0.4, 0.5) is 0 Å². The predicted molar refractivity (Wildman–Crippen MR) is 181 cm³/mol. The lowest BCUT2D eigenvalue weighted by Crippen LogP contribution is -2.37.